The second-order valence-electron chi connectivity index (χ2n) is 2.92. The average molecular weight is 131 g/mol. The maximum atomic E-state index is 8.70. The summed E-state index contributed by atoms with van der Waals surface area (Å²) in [4.78, 5) is 0. The van der Waals surface area contributed by atoms with Crippen molar-refractivity contribution in [1.82, 2.24) is 5.06 Å². The maximum absolute atomic E-state index is 8.70. The van der Waals surface area contributed by atoms with E-state index < -0.39 is 0 Å². The van der Waals surface area contributed by atoms with Gasteiger partial charge in [-0.15, -0.1) is 0 Å². The van der Waals surface area contributed by atoms with Crippen LogP contribution in [0, 0.1) is 5.92 Å². The van der Waals surface area contributed by atoms with Gasteiger partial charge in [0.25, 0.3) is 0 Å². The van der Waals surface area contributed by atoms with Crippen LogP contribution in [0.5, 0.6) is 0 Å². The van der Waals surface area contributed by atoms with Crippen LogP contribution in [-0.4, -0.2) is 23.9 Å². The molecule has 0 fully saturated rings. The minimum absolute atomic E-state index is 0.755. The average Bonchev–Trinajstić information content (AvgIpc) is 1.63. The molecule has 0 atom stereocenters. The van der Waals surface area contributed by atoms with Crippen LogP contribution >= 0.6 is 0 Å². The van der Waals surface area contributed by atoms with E-state index >= 15 is 0 Å². The predicted molar refractivity (Wildman–Crippen MR) is 38.5 cm³/mol. The third-order valence-electron chi connectivity index (χ3n) is 1.26. The summed E-state index contributed by atoms with van der Waals surface area (Å²) in [6.45, 7) is 5.17. The minimum atomic E-state index is 0.755. The molecule has 0 aromatic carbocycles. The molecular weight excluding hydrogens is 114 g/mol. The van der Waals surface area contributed by atoms with Crippen LogP contribution in [0.4, 0.5) is 0 Å². The molecule has 0 unspecified atom stereocenters. The Labute approximate surface area is 57.4 Å². The molecule has 0 saturated heterocycles. The SMILES string of the molecule is CC(C)CCCN(C)O. The van der Waals surface area contributed by atoms with Gasteiger partial charge in [-0.1, -0.05) is 13.8 Å². The van der Waals surface area contributed by atoms with E-state index in [1.807, 2.05) is 0 Å². The second kappa shape index (κ2) is 4.77. The fourth-order valence-corrected chi connectivity index (χ4v) is 0.728. The Bertz CT molecular complexity index is 53.9. The summed E-state index contributed by atoms with van der Waals surface area (Å²) in [7, 11) is 1.68. The highest BCUT2D eigenvalue weighted by Gasteiger charge is 1.94. The molecule has 2 heteroatoms. The van der Waals surface area contributed by atoms with Gasteiger partial charge in [-0.3, -0.25) is 0 Å². The number of nitrogens with zero attached hydrogens (tertiary/aromatic N) is 1. The molecular formula is C7H17NO. The van der Waals surface area contributed by atoms with Gasteiger partial charge in [-0.05, 0) is 18.8 Å². The van der Waals surface area contributed by atoms with Gasteiger partial charge in [0.15, 0.2) is 0 Å². The predicted octanol–water partition coefficient (Wildman–Crippen LogP) is 1.74. The minimum Gasteiger partial charge on any atom is -0.314 e. The summed E-state index contributed by atoms with van der Waals surface area (Å²) in [6.07, 6.45) is 2.29. The van der Waals surface area contributed by atoms with Crippen molar-refractivity contribution in [2.75, 3.05) is 13.6 Å². The lowest BCUT2D eigenvalue weighted by Crippen LogP contribution is -2.14. The molecule has 0 aromatic rings. The first-order valence-corrected chi connectivity index (χ1v) is 3.53. The fraction of sp³-hybridized carbons (Fsp3) is 1.00. The summed E-state index contributed by atoms with van der Waals surface area (Å²) in [5.41, 5.74) is 0. The zero-order valence-corrected chi connectivity index (χ0v) is 6.59. The Morgan fingerprint density at radius 2 is 2.00 bits per heavy atom. The van der Waals surface area contributed by atoms with E-state index in [0.717, 1.165) is 18.9 Å². The van der Waals surface area contributed by atoms with E-state index in [1.54, 1.807) is 7.05 Å². The normalized spacial score (nSPS) is 11.3. The van der Waals surface area contributed by atoms with Crippen molar-refractivity contribution in [3.63, 3.8) is 0 Å². The molecule has 0 bridgehead atoms. The molecule has 9 heavy (non-hydrogen) atoms. The van der Waals surface area contributed by atoms with Crippen LogP contribution in [0.15, 0.2) is 0 Å². The molecule has 0 aliphatic carbocycles. The molecule has 2 nitrogen and oxygen atoms in total. The van der Waals surface area contributed by atoms with Crippen molar-refractivity contribution >= 4 is 0 Å². The van der Waals surface area contributed by atoms with Gasteiger partial charge in [0.05, 0.1) is 0 Å². The van der Waals surface area contributed by atoms with Gasteiger partial charge in [-0.25, -0.2) is 0 Å². The maximum Gasteiger partial charge on any atom is 0.0235 e. The van der Waals surface area contributed by atoms with E-state index in [1.165, 1.54) is 11.5 Å². The Morgan fingerprint density at radius 1 is 1.44 bits per heavy atom. The van der Waals surface area contributed by atoms with Crippen molar-refractivity contribution in [3.05, 3.63) is 0 Å². The number of hydroxylamine groups is 2. The highest BCUT2D eigenvalue weighted by Crippen LogP contribution is 2.02. The van der Waals surface area contributed by atoms with E-state index in [2.05, 4.69) is 13.8 Å². The Kier molecular flexibility index (Phi) is 4.72. The van der Waals surface area contributed by atoms with Crippen molar-refractivity contribution < 1.29 is 5.21 Å². The third-order valence-corrected chi connectivity index (χ3v) is 1.26. The largest absolute Gasteiger partial charge is 0.314 e. The highest BCUT2D eigenvalue weighted by molar-refractivity contribution is 4.46. The molecule has 0 saturated carbocycles. The van der Waals surface area contributed by atoms with Crippen molar-refractivity contribution in [1.29, 1.82) is 0 Å². The molecule has 0 spiro atoms. The lowest BCUT2D eigenvalue weighted by atomic mass is 10.1. The molecule has 56 valence electrons. The van der Waals surface area contributed by atoms with Crippen LogP contribution in [-0.2, 0) is 0 Å². The molecule has 0 aromatic heterocycles. The molecule has 0 aliphatic rings. The third kappa shape index (κ3) is 7.92. The van der Waals surface area contributed by atoms with E-state index in [0.29, 0.717) is 0 Å². The zero-order chi connectivity index (χ0) is 7.28. The summed E-state index contributed by atoms with van der Waals surface area (Å²) in [5.74, 6) is 0.755. The monoisotopic (exact) mass is 131 g/mol. The number of hydrogen-bond donors (Lipinski definition) is 1. The van der Waals surface area contributed by atoms with Gasteiger partial charge in [0.2, 0.25) is 0 Å². The first-order valence-electron chi connectivity index (χ1n) is 3.53. The van der Waals surface area contributed by atoms with Crippen molar-refractivity contribution in [2.24, 2.45) is 5.92 Å². The molecule has 0 aliphatic heterocycles. The van der Waals surface area contributed by atoms with Crippen molar-refractivity contribution in [3.8, 4) is 0 Å². The van der Waals surface area contributed by atoms with E-state index in [9.17, 15) is 0 Å². The smallest absolute Gasteiger partial charge is 0.0235 e. The van der Waals surface area contributed by atoms with Crippen LogP contribution in [0.25, 0.3) is 0 Å². The summed E-state index contributed by atoms with van der Waals surface area (Å²) in [6, 6.07) is 0. The number of hydrogen-bond acceptors (Lipinski definition) is 2. The van der Waals surface area contributed by atoms with Gasteiger partial charge >= 0.3 is 0 Å². The Morgan fingerprint density at radius 3 is 2.33 bits per heavy atom. The van der Waals surface area contributed by atoms with Crippen LogP contribution in [0.2, 0.25) is 0 Å². The molecule has 0 radical (unpaired) electrons. The molecule has 1 N–H and O–H groups in total. The van der Waals surface area contributed by atoms with Gasteiger partial charge in [-0.2, -0.15) is 5.06 Å². The lowest BCUT2D eigenvalue weighted by molar-refractivity contribution is -0.0659. The summed E-state index contributed by atoms with van der Waals surface area (Å²) < 4.78 is 0. The van der Waals surface area contributed by atoms with E-state index in [-0.39, 0.29) is 0 Å². The molecule has 0 amide bonds. The first kappa shape index (κ1) is 8.92. The quantitative estimate of drug-likeness (QED) is 0.587. The van der Waals surface area contributed by atoms with Crippen LogP contribution in [0.3, 0.4) is 0 Å². The lowest BCUT2D eigenvalue weighted by Gasteiger charge is -2.08. The molecule has 0 rings (SSSR count). The van der Waals surface area contributed by atoms with Crippen LogP contribution < -0.4 is 0 Å². The van der Waals surface area contributed by atoms with E-state index in [4.69, 9.17) is 5.21 Å². The Hall–Kier alpha value is -0.0800. The Balaban J connectivity index is 2.91. The van der Waals surface area contributed by atoms with Gasteiger partial charge in [0.1, 0.15) is 0 Å². The standard InChI is InChI=1S/C7H17NO/c1-7(2)5-4-6-8(3)9/h7,9H,4-6H2,1-3H3. The van der Waals surface area contributed by atoms with Gasteiger partial charge in [0, 0.05) is 13.6 Å². The van der Waals surface area contributed by atoms with Crippen LogP contribution in [0.1, 0.15) is 26.7 Å². The second-order valence-corrected chi connectivity index (χ2v) is 2.92. The zero-order valence-electron chi connectivity index (χ0n) is 6.59. The topological polar surface area (TPSA) is 23.5 Å². The summed E-state index contributed by atoms with van der Waals surface area (Å²) >= 11 is 0. The fourth-order valence-electron chi connectivity index (χ4n) is 0.728. The summed E-state index contributed by atoms with van der Waals surface area (Å²) in [5, 5.41) is 9.94. The first-order chi connectivity index (χ1) is 4.13. The highest BCUT2D eigenvalue weighted by atomic mass is 16.5. The number of rotatable bonds is 4. The van der Waals surface area contributed by atoms with Gasteiger partial charge < -0.3 is 5.21 Å². The molecule has 0 heterocycles. The van der Waals surface area contributed by atoms with Crippen molar-refractivity contribution in [2.45, 2.75) is 26.7 Å².